The Labute approximate surface area is 195 Å². The van der Waals surface area contributed by atoms with Crippen LogP contribution in [0.2, 0.25) is 0 Å². The zero-order valence-corrected chi connectivity index (χ0v) is 20.3. The number of hydrogen-bond donors (Lipinski definition) is 0. The first-order valence-corrected chi connectivity index (χ1v) is 11.6. The van der Waals surface area contributed by atoms with Crippen molar-refractivity contribution < 1.29 is 13.9 Å². The average molecular weight is 451 g/mol. The molecule has 176 valence electrons. The van der Waals surface area contributed by atoms with Gasteiger partial charge in [-0.3, -0.25) is 9.80 Å². The Morgan fingerprint density at radius 1 is 0.909 bits per heavy atom. The summed E-state index contributed by atoms with van der Waals surface area (Å²) >= 11 is 0. The van der Waals surface area contributed by atoms with Gasteiger partial charge in [0.1, 0.15) is 5.58 Å². The van der Waals surface area contributed by atoms with Gasteiger partial charge < -0.3 is 13.9 Å². The van der Waals surface area contributed by atoms with Gasteiger partial charge in [-0.1, -0.05) is 19.9 Å². The first-order chi connectivity index (χ1) is 15.9. The molecule has 2 aromatic carbocycles. The maximum atomic E-state index is 12.2. The summed E-state index contributed by atoms with van der Waals surface area (Å²) in [5.41, 5.74) is 5.15. The second-order valence-corrected chi connectivity index (χ2v) is 9.19. The van der Waals surface area contributed by atoms with Crippen molar-refractivity contribution in [3.05, 3.63) is 69.1 Å². The van der Waals surface area contributed by atoms with Crippen LogP contribution in [-0.4, -0.2) is 50.2 Å². The highest BCUT2D eigenvalue weighted by atomic mass is 16.5. The fourth-order valence-electron chi connectivity index (χ4n) is 4.73. The number of benzene rings is 2. The van der Waals surface area contributed by atoms with Crippen molar-refractivity contribution in [2.24, 2.45) is 0 Å². The lowest BCUT2D eigenvalue weighted by Crippen LogP contribution is -2.45. The van der Waals surface area contributed by atoms with E-state index in [0.29, 0.717) is 11.5 Å². The zero-order valence-electron chi connectivity index (χ0n) is 20.3. The first kappa shape index (κ1) is 23.3. The smallest absolute Gasteiger partial charge is 0.336 e. The number of hydrogen-bond acceptors (Lipinski definition) is 6. The molecule has 2 heterocycles. The number of nitrogens with zero attached hydrogens (tertiary/aromatic N) is 2. The molecular weight excluding hydrogens is 416 g/mol. The summed E-state index contributed by atoms with van der Waals surface area (Å²) in [7, 11) is 3.32. The molecule has 3 aromatic rings. The number of piperazine rings is 1. The minimum absolute atomic E-state index is 0.277. The first-order valence-electron chi connectivity index (χ1n) is 11.6. The van der Waals surface area contributed by atoms with Gasteiger partial charge in [0, 0.05) is 50.7 Å². The van der Waals surface area contributed by atoms with Crippen molar-refractivity contribution >= 4 is 11.0 Å². The SMILES string of the molecule is COc1ccc(CN2CCN(Cc3cc(=O)oc4cc(C)c(C(C)C)cc34)CC2)cc1OC. The van der Waals surface area contributed by atoms with Crippen LogP contribution in [0.15, 0.2) is 45.6 Å². The van der Waals surface area contributed by atoms with Crippen LogP contribution in [0.3, 0.4) is 0 Å². The molecule has 0 spiro atoms. The van der Waals surface area contributed by atoms with Gasteiger partial charge in [-0.05, 0) is 59.4 Å². The van der Waals surface area contributed by atoms with Gasteiger partial charge >= 0.3 is 5.63 Å². The summed E-state index contributed by atoms with van der Waals surface area (Å²) in [5, 5.41) is 1.05. The Kier molecular flexibility index (Phi) is 7.05. The molecule has 4 rings (SSSR count). The molecule has 0 amide bonds. The van der Waals surface area contributed by atoms with Gasteiger partial charge in [-0.15, -0.1) is 0 Å². The predicted octanol–water partition coefficient (Wildman–Crippen LogP) is 4.56. The molecule has 1 aliphatic rings. The average Bonchev–Trinajstić information content (AvgIpc) is 2.79. The van der Waals surface area contributed by atoms with Gasteiger partial charge in [0.15, 0.2) is 11.5 Å². The molecule has 0 N–H and O–H groups in total. The summed E-state index contributed by atoms with van der Waals surface area (Å²) in [6, 6.07) is 12.0. The number of aryl methyl sites for hydroxylation is 1. The third-order valence-electron chi connectivity index (χ3n) is 6.55. The second-order valence-electron chi connectivity index (χ2n) is 9.19. The van der Waals surface area contributed by atoms with Crippen LogP contribution in [0, 0.1) is 6.92 Å². The van der Waals surface area contributed by atoms with E-state index >= 15 is 0 Å². The molecule has 1 fully saturated rings. The molecule has 0 aliphatic carbocycles. The minimum atomic E-state index is -0.277. The summed E-state index contributed by atoms with van der Waals surface area (Å²) in [6.07, 6.45) is 0. The molecule has 33 heavy (non-hydrogen) atoms. The zero-order chi connectivity index (χ0) is 23.5. The lowest BCUT2D eigenvalue weighted by Gasteiger charge is -2.35. The van der Waals surface area contributed by atoms with Crippen LogP contribution in [0.5, 0.6) is 11.5 Å². The largest absolute Gasteiger partial charge is 0.493 e. The lowest BCUT2D eigenvalue weighted by atomic mass is 9.95. The van der Waals surface area contributed by atoms with E-state index in [-0.39, 0.29) is 5.63 Å². The monoisotopic (exact) mass is 450 g/mol. The predicted molar refractivity (Wildman–Crippen MR) is 131 cm³/mol. The van der Waals surface area contributed by atoms with E-state index in [1.165, 1.54) is 16.7 Å². The normalized spacial score (nSPS) is 15.3. The molecule has 0 bridgehead atoms. The molecule has 0 atom stereocenters. The second kappa shape index (κ2) is 9.98. The Morgan fingerprint density at radius 2 is 1.58 bits per heavy atom. The lowest BCUT2D eigenvalue weighted by molar-refractivity contribution is 0.122. The van der Waals surface area contributed by atoms with E-state index in [2.05, 4.69) is 48.8 Å². The Morgan fingerprint density at radius 3 is 2.21 bits per heavy atom. The summed E-state index contributed by atoms with van der Waals surface area (Å²) in [6.45, 7) is 12.0. The molecule has 6 nitrogen and oxygen atoms in total. The van der Waals surface area contributed by atoms with Crippen molar-refractivity contribution in [1.82, 2.24) is 9.80 Å². The van der Waals surface area contributed by atoms with E-state index < -0.39 is 0 Å². The minimum Gasteiger partial charge on any atom is -0.493 e. The number of ether oxygens (including phenoxy) is 2. The van der Waals surface area contributed by atoms with E-state index in [1.807, 2.05) is 12.1 Å². The maximum absolute atomic E-state index is 12.2. The topological polar surface area (TPSA) is 55.2 Å². The highest BCUT2D eigenvalue weighted by Gasteiger charge is 2.20. The van der Waals surface area contributed by atoms with Crippen LogP contribution in [-0.2, 0) is 13.1 Å². The van der Waals surface area contributed by atoms with Gasteiger partial charge in [-0.2, -0.15) is 0 Å². The van der Waals surface area contributed by atoms with Crippen molar-refractivity contribution in [2.45, 2.75) is 39.8 Å². The van der Waals surface area contributed by atoms with Crippen LogP contribution >= 0.6 is 0 Å². The third kappa shape index (κ3) is 5.23. The molecule has 6 heteroatoms. The maximum Gasteiger partial charge on any atom is 0.336 e. The highest BCUT2D eigenvalue weighted by molar-refractivity contribution is 5.82. The van der Waals surface area contributed by atoms with E-state index in [4.69, 9.17) is 13.9 Å². The standard InChI is InChI=1S/C27H34N2O4/c1-18(2)22-15-23-21(14-27(30)33-25(23)12-19(22)3)17-29-10-8-28(9-11-29)16-20-6-7-24(31-4)26(13-20)32-5/h6-7,12-15,18H,8-11,16-17H2,1-5H3. The Hall–Kier alpha value is -2.83. The van der Waals surface area contributed by atoms with Gasteiger partial charge in [0.25, 0.3) is 0 Å². The van der Waals surface area contributed by atoms with Crippen molar-refractivity contribution in [3.63, 3.8) is 0 Å². The fraction of sp³-hybridized carbons (Fsp3) is 0.444. The van der Waals surface area contributed by atoms with Crippen LogP contribution in [0.1, 0.15) is 42.0 Å². The Bertz CT molecular complexity index is 1180. The van der Waals surface area contributed by atoms with Gasteiger partial charge in [0.2, 0.25) is 0 Å². The summed E-state index contributed by atoms with van der Waals surface area (Å²) in [4.78, 5) is 17.1. The van der Waals surface area contributed by atoms with Crippen LogP contribution in [0.4, 0.5) is 0 Å². The molecule has 1 saturated heterocycles. The van der Waals surface area contributed by atoms with Crippen molar-refractivity contribution in [3.8, 4) is 11.5 Å². The van der Waals surface area contributed by atoms with E-state index in [9.17, 15) is 4.79 Å². The number of methoxy groups -OCH3 is 2. The van der Waals surface area contributed by atoms with Gasteiger partial charge in [0.05, 0.1) is 14.2 Å². The number of rotatable bonds is 7. The molecular formula is C27H34N2O4. The van der Waals surface area contributed by atoms with Gasteiger partial charge in [-0.25, -0.2) is 4.79 Å². The van der Waals surface area contributed by atoms with E-state index in [0.717, 1.165) is 61.7 Å². The summed E-state index contributed by atoms with van der Waals surface area (Å²) < 4.78 is 16.3. The third-order valence-corrected chi connectivity index (χ3v) is 6.55. The fourth-order valence-corrected chi connectivity index (χ4v) is 4.73. The molecule has 0 unspecified atom stereocenters. The van der Waals surface area contributed by atoms with Crippen molar-refractivity contribution in [1.29, 1.82) is 0 Å². The highest BCUT2D eigenvalue weighted by Crippen LogP contribution is 2.29. The van der Waals surface area contributed by atoms with Crippen LogP contribution < -0.4 is 15.1 Å². The Balaban J connectivity index is 1.45. The molecule has 1 aromatic heterocycles. The molecule has 0 radical (unpaired) electrons. The van der Waals surface area contributed by atoms with Crippen LogP contribution in [0.25, 0.3) is 11.0 Å². The van der Waals surface area contributed by atoms with E-state index in [1.54, 1.807) is 20.3 Å². The van der Waals surface area contributed by atoms with Crippen molar-refractivity contribution in [2.75, 3.05) is 40.4 Å². The quantitative estimate of drug-likeness (QED) is 0.492. The summed E-state index contributed by atoms with van der Waals surface area (Å²) in [5.74, 6) is 1.94. The molecule has 0 saturated carbocycles. The number of fused-ring (bicyclic) bond motifs is 1. The molecule has 1 aliphatic heterocycles.